The Labute approximate surface area is 171 Å². The summed E-state index contributed by atoms with van der Waals surface area (Å²) in [5.74, 6) is -1.07. The lowest BCUT2D eigenvalue weighted by molar-refractivity contribution is -0.161. The molecule has 0 aliphatic heterocycles. The molecule has 2 rings (SSSR count). The summed E-state index contributed by atoms with van der Waals surface area (Å²) in [4.78, 5) is 28.2. The van der Waals surface area contributed by atoms with Gasteiger partial charge in [0.2, 0.25) is 11.5 Å². The van der Waals surface area contributed by atoms with Gasteiger partial charge in [0.05, 0.1) is 12.1 Å². The number of aryl methyl sites for hydroxylation is 1. The van der Waals surface area contributed by atoms with Gasteiger partial charge in [-0.15, -0.1) is 0 Å². The molecule has 154 valence electrons. The summed E-state index contributed by atoms with van der Waals surface area (Å²) in [5.41, 5.74) is 2.53. The van der Waals surface area contributed by atoms with Gasteiger partial charge in [0.25, 0.3) is 0 Å². The van der Waals surface area contributed by atoms with Gasteiger partial charge in [0.1, 0.15) is 0 Å². The molecule has 6 heteroatoms. The highest BCUT2D eigenvalue weighted by atomic mass is 16.7. The Kier molecular flexibility index (Phi) is 7.95. The summed E-state index contributed by atoms with van der Waals surface area (Å²) in [6, 6.07) is 17.7. The number of rotatable bonds is 10. The second-order valence-corrected chi connectivity index (χ2v) is 7.49. The predicted molar refractivity (Wildman–Crippen MR) is 113 cm³/mol. The van der Waals surface area contributed by atoms with E-state index in [9.17, 15) is 9.59 Å². The number of hydrogen-bond donors (Lipinski definition) is 2. The monoisotopic (exact) mass is 396 g/mol. The molecule has 0 heterocycles. The maximum atomic E-state index is 12.1. The summed E-state index contributed by atoms with van der Waals surface area (Å²) in [6.45, 7) is 5.25. The molecular formula is C23H28N2O4. The molecule has 2 N–H and O–H groups in total. The molecule has 0 aliphatic rings. The Morgan fingerprint density at radius 1 is 1.00 bits per heavy atom. The van der Waals surface area contributed by atoms with E-state index in [1.165, 1.54) is 13.8 Å². The molecule has 0 radical (unpaired) electrons. The molecule has 6 nitrogen and oxygen atoms in total. The van der Waals surface area contributed by atoms with Crippen LogP contribution >= 0.6 is 0 Å². The van der Waals surface area contributed by atoms with Crippen LogP contribution in [-0.2, 0) is 33.8 Å². The molecule has 0 unspecified atom stereocenters. The summed E-state index contributed by atoms with van der Waals surface area (Å²) >= 11 is 0. The fraction of sp³-hybridized carbons (Fsp3) is 0.348. The van der Waals surface area contributed by atoms with Gasteiger partial charge in [-0.25, -0.2) is 4.79 Å². The topological polar surface area (TPSA) is 88.0 Å². The standard InChI is InChI=1S/C23H28N2O4/c1-17(25-29-23(2,3)22(27)28)9-10-18-11-13-19(14-12-18)15-21(26)24-16-20-7-5-4-6-8-20/h4-8,11-14H,9-10,15-16H2,1-3H3,(H,24,26)(H,27,28)/b25-17+. The molecule has 2 aromatic rings. The average Bonchev–Trinajstić information content (AvgIpc) is 2.71. The van der Waals surface area contributed by atoms with Crippen LogP contribution in [0, 0.1) is 0 Å². The van der Waals surface area contributed by atoms with E-state index in [1.807, 2.05) is 61.5 Å². The minimum Gasteiger partial charge on any atom is -0.478 e. The highest BCUT2D eigenvalue weighted by Gasteiger charge is 2.29. The first-order valence-corrected chi connectivity index (χ1v) is 9.60. The number of oxime groups is 1. The first kappa shape index (κ1) is 22.1. The fourth-order valence-corrected chi connectivity index (χ4v) is 2.47. The second kappa shape index (κ2) is 10.4. The molecule has 0 fully saturated rings. The van der Waals surface area contributed by atoms with E-state index in [2.05, 4.69) is 10.5 Å². The zero-order chi connectivity index (χ0) is 21.3. The minimum atomic E-state index is -1.34. The maximum Gasteiger partial charge on any atom is 0.350 e. The summed E-state index contributed by atoms with van der Waals surface area (Å²) in [6.07, 6.45) is 1.75. The zero-order valence-corrected chi connectivity index (χ0v) is 17.1. The van der Waals surface area contributed by atoms with Crippen LogP contribution in [0.15, 0.2) is 59.8 Å². The first-order chi connectivity index (χ1) is 13.8. The number of carboxylic acids is 1. The molecule has 0 saturated carbocycles. The summed E-state index contributed by atoms with van der Waals surface area (Å²) in [5, 5.41) is 15.9. The van der Waals surface area contributed by atoms with Crippen molar-refractivity contribution in [2.45, 2.75) is 52.2 Å². The van der Waals surface area contributed by atoms with Gasteiger partial charge in [-0.1, -0.05) is 59.8 Å². The van der Waals surface area contributed by atoms with Crippen molar-refractivity contribution < 1.29 is 19.5 Å². The van der Waals surface area contributed by atoms with Crippen molar-refractivity contribution in [3.05, 3.63) is 71.3 Å². The van der Waals surface area contributed by atoms with E-state index in [0.717, 1.165) is 28.8 Å². The van der Waals surface area contributed by atoms with Crippen molar-refractivity contribution in [3.63, 3.8) is 0 Å². The normalized spacial score (nSPS) is 11.8. The molecule has 0 aliphatic carbocycles. The molecule has 0 saturated heterocycles. The lowest BCUT2D eigenvalue weighted by Crippen LogP contribution is -2.33. The number of nitrogens with zero attached hydrogens (tertiary/aromatic N) is 1. The second-order valence-electron chi connectivity index (χ2n) is 7.49. The molecule has 29 heavy (non-hydrogen) atoms. The Bertz CT molecular complexity index is 843. The Morgan fingerprint density at radius 2 is 1.62 bits per heavy atom. The number of carbonyl (C=O) groups is 2. The molecule has 0 atom stereocenters. The number of nitrogens with one attached hydrogen (secondary N) is 1. The van der Waals surface area contributed by atoms with Crippen LogP contribution in [0.25, 0.3) is 0 Å². The number of benzene rings is 2. The van der Waals surface area contributed by atoms with Crippen LogP contribution in [0.1, 0.15) is 43.9 Å². The van der Waals surface area contributed by atoms with Crippen LogP contribution in [0.4, 0.5) is 0 Å². The van der Waals surface area contributed by atoms with Gasteiger partial charge >= 0.3 is 5.97 Å². The Morgan fingerprint density at radius 3 is 2.24 bits per heavy atom. The van der Waals surface area contributed by atoms with Crippen LogP contribution in [0.2, 0.25) is 0 Å². The first-order valence-electron chi connectivity index (χ1n) is 9.60. The number of hydrogen-bond acceptors (Lipinski definition) is 4. The van der Waals surface area contributed by atoms with Crippen molar-refractivity contribution in [1.29, 1.82) is 0 Å². The number of carboxylic acid groups (broad SMARTS) is 1. The Balaban J connectivity index is 1.78. The van der Waals surface area contributed by atoms with Gasteiger partial charge in [0, 0.05) is 6.54 Å². The molecular weight excluding hydrogens is 368 g/mol. The van der Waals surface area contributed by atoms with Crippen molar-refractivity contribution in [2.24, 2.45) is 5.16 Å². The van der Waals surface area contributed by atoms with Crippen molar-refractivity contribution in [2.75, 3.05) is 0 Å². The third kappa shape index (κ3) is 7.78. The lowest BCUT2D eigenvalue weighted by atomic mass is 10.0. The largest absolute Gasteiger partial charge is 0.478 e. The minimum absolute atomic E-state index is 0.0113. The number of carbonyl (C=O) groups excluding carboxylic acids is 1. The fourth-order valence-electron chi connectivity index (χ4n) is 2.47. The SMILES string of the molecule is C/C(CCc1ccc(CC(=O)NCc2ccccc2)cc1)=N\OC(C)(C)C(=O)O. The van der Waals surface area contributed by atoms with Gasteiger partial charge in [-0.05, 0) is 50.3 Å². The molecule has 2 aromatic carbocycles. The molecule has 0 aromatic heterocycles. The van der Waals surface area contributed by atoms with Crippen LogP contribution in [0.3, 0.4) is 0 Å². The zero-order valence-electron chi connectivity index (χ0n) is 17.1. The maximum absolute atomic E-state index is 12.1. The van der Waals surface area contributed by atoms with Gasteiger partial charge in [0.15, 0.2) is 0 Å². The quantitative estimate of drug-likeness (QED) is 0.473. The van der Waals surface area contributed by atoms with Crippen LogP contribution in [-0.4, -0.2) is 28.3 Å². The van der Waals surface area contributed by atoms with E-state index in [0.29, 0.717) is 19.4 Å². The number of aliphatic carboxylic acids is 1. The molecule has 0 bridgehead atoms. The van der Waals surface area contributed by atoms with E-state index in [4.69, 9.17) is 9.94 Å². The van der Waals surface area contributed by atoms with Gasteiger partial charge in [-0.2, -0.15) is 0 Å². The van der Waals surface area contributed by atoms with Crippen LogP contribution in [0.5, 0.6) is 0 Å². The van der Waals surface area contributed by atoms with Crippen LogP contribution < -0.4 is 5.32 Å². The smallest absolute Gasteiger partial charge is 0.350 e. The Hall–Kier alpha value is -3.15. The van der Waals surface area contributed by atoms with E-state index in [1.54, 1.807) is 0 Å². The predicted octanol–water partition coefficient (Wildman–Crippen LogP) is 3.73. The van der Waals surface area contributed by atoms with E-state index >= 15 is 0 Å². The average molecular weight is 396 g/mol. The van der Waals surface area contributed by atoms with E-state index < -0.39 is 11.6 Å². The summed E-state index contributed by atoms with van der Waals surface area (Å²) in [7, 11) is 0. The molecule has 1 amide bonds. The van der Waals surface area contributed by atoms with Gasteiger partial charge < -0.3 is 15.3 Å². The third-order valence-electron chi connectivity index (χ3n) is 4.44. The van der Waals surface area contributed by atoms with Crippen molar-refractivity contribution in [1.82, 2.24) is 5.32 Å². The lowest BCUT2D eigenvalue weighted by Gasteiger charge is -2.16. The van der Waals surface area contributed by atoms with E-state index in [-0.39, 0.29) is 5.91 Å². The molecule has 0 spiro atoms. The highest BCUT2D eigenvalue weighted by Crippen LogP contribution is 2.12. The summed E-state index contributed by atoms with van der Waals surface area (Å²) < 4.78 is 0. The highest BCUT2D eigenvalue weighted by molar-refractivity contribution is 5.82. The van der Waals surface area contributed by atoms with Crippen molar-refractivity contribution >= 4 is 17.6 Å². The van der Waals surface area contributed by atoms with Crippen molar-refractivity contribution in [3.8, 4) is 0 Å². The van der Waals surface area contributed by atoms with Gasteiger partial charge in [-0.3, -0.25) is 4.79 Å². The third-order valence-corrected chi connectivity index (χ3v) is 4.44. The number of amides is 1.